The number of hydrogen-bond donors (Lipinski definition) is 1. The molecule has 0 rings (SSSR count). The van der Waals surface area contributed by atoms with Crippen molar-refractivity contribution < 1.29 is 4.79 Å². The molecule has 0 spiro atoms. The van der Waals surface area contributed by atoms with Gasteiger partial charge in [0.2, 0.25) is 0 Å². The van der Waals surface area contributed by atoms with E-state index in [1.165, 1.54) is 5.57 Å². The Kier molecular flexibility index (Phi) is 9.41. The Morgan fingerprint density at radius 1 is 1.21 bits per heavy atom. The molecule has 0 atom stereocenters. The summed E-state index contributed by atoms with van der Waals surface area (Å²) in [6.07, 6.45) is 9.36. The normalized spacial score (nSPS) is 14.1. The van der Waals surface area contributed by atoms with E-state index in [2.05, 4.69) is 17.2 Å². The third kappa shape index (κ3) is 7.39. The van der Waals surface area contributed by atoms with Crippen LogP contribution in [-0.2, 0) is 4.79 Å². The molecule has 0 fully saturated rings. The fourth-order valence-corrected chi connectivity index (χ4v) is 1.35. The van der Waals surface area contributed by atoms with Crippen LogP contribution in [-0.4, -0.2) is 18.7 Å². The summed E-state index contributed by atoms with van der Waals surface area (Å²) in [4.78, 5) is 16.3. The molecule has 3 heteroatoms. The maximum atomic E-state index is 12.0. The van der Waals surface area contributed by atoms with Crippen molar-refractivity contribution >= 4 is 12.1 Å². The van der Waals surface area contributed by atoms with Gasteiger partial charge >= 0.3 is 0 Å². The van der Waals surface area contributed by atoms with Gasteiger partial charge in [0, 0.05) is 11.8 Å². The number of carbonyl (C=O) groups excluding carboxylic acids is 1. The van der Waals surface area contributed by atoms with Crippen molar-refractivity contribution in [3.63, 3.8) is 0 Å². The molecule has 0 radical (unpaired) electrons. The maximum Gasteiger partial charge on any atom is 0.251 e. The van der Waals surface area contributed by atoms with Gasteiger partial charge in [0.1, 0.15) is 0 Å². The molecular weight excluding hydrogens is 236 g/mol. The van der Waals surface area contributed by atoms with Crippen molar-refractivity contribution in [2.24, 2.45) is 4.99 Å². The molecule has 0 aromatic heterocycles. The van der Waals surface area contributed by atoms with E-state index in [0.29, 0.717) is 12.1 Å². The zero-order valence-corrected chi connectivity index (χ0v) is 12.8. The number of allylic oxidation sites excluding steroid dienone is 3. The smallest absolute Gasteiger partial charge is 0.251 e. The van der Waals surface area contributed by atoms with Crippen molar-refractivity contribution in [3.8, 4) is 0 Å². The maximum absolute atomic E-state index is 12.0. The van der Waals surface area contributed by atoms with Crippen LogP contribution in [0.5, 0.6) is 0 Å². The Morgan fingerprint density at radius 3 is 2.37 bits per heavy atom. The summed E-state index contributed by atoms with van der Waals surface area (Å²) in [5.74, 6) is -0.0543. The molecule has 0 bridgehead atoms. The minimum atomic E-state index is -0.0543. The van der Waals surface area contributed by atoms with Gasteiger partial charge in [-0.3, -0.25) is 9.79 Å². The summed E-state index contributed by atoms with van der Waals surface area (Å²) in [6, 6.07) is 0. The topological polar surface area (TPSA) is 41.5 Å². The van der Waals surface area contributed by atoms with Crippen LogP contribution >= 0.6 is 0 Å². The van der Waals surface area contributed by atoms with E-state index in [-0.39, 0.29) is 5.91 Å². The van der Waals surface area contributed by atoms with E-state index >= 15 is 0 Å². The van der Waals surface area contributed by atoms with E-state index < -0.39 is 0 Å². The van der Waals surface area contributed by atoms with Crippen LogP contribution in [0.25, 0.3) is 0 Å². The predicted molar refractivity (Wildman–Crippen MR) is 83.4 cm³/mol. The molecule has 1 N–H and O–H groups in total. The second-order valence-electron chi connectivity index (χ2n) is 4.27. The Balaban J connectivity index is 4.57. The third-order valence-electron chi connectivity index (χ3n) is 2.74. The van der Waals surface area contributed by atoms with Crippen LogP contribution in [0.15, 0.2) is 40.1 Å². The van der Waals surface area contributed by atoms with E-state index in [0.717, 1.165) is 18.5 Å². The highest BCUT2D eigenvalue weighted by atomic mass is 16.1. The fourth-order valence-electron chi connectivity index (χ4n) is 1.35. The van der Waals surface area contributed by atoms with Crippen LogP contribution in [0.2, 0.25) is 0 Å². The lowest BCUT2D eigenvalue weighted by Crippen LogP contribution is -2.26. The molecule has 19 heavy (non-hydrogen) atoms. The summed E-state index contributed by atoms with van der Waals surface area (Å²) in [5, 5.41) is 2.89. The van der Waals surface area contributed by atoms with Crippen LogP contribution in [0.4, 0.5) is 0 Å². The number of aliphatic imine (C=N–C) groups is 1. The van der Waals surface area contributed by atoms with E-state index in [4.69, 9.17) is 0 Å². The minimum Gasteiger partial charge on any atom is -0.346 e. The average molecular weight is 262 g/mol. The van der Waals surface area contributed by atoms with Crippen LogP contribution in [0.3, 0.4) is 0 Å². The van der Waals surface area contributed by atoms with Gasteiger partial charge in [-0.15, -0.1) is 0 Å². The second kappa shape index (κ2) is 10.3. The quantitative estimate of drug-likeness (QED) is 0.423. The Labute approximate surface area is 117 Å². The van der Waals surface area contributed by atoms with Gasteiger partial charge in [-0.1, -0.05) is 37.6 Å². The van der Waals surface area contributed by atoms with Crippen LogP contribution in [0.1, 0.15) is 47.5 Å². The van der Waals surface area contributed by atoms with Crippen molar-refractivity contribution in [3.05, 3.63) is 35.1 Å². The molecule has 0 aromatic carbocycles. The number of rotatable bonds is 7. The summed E-state index contributed by atoms with van der Waals surface area (Å²) in [5.41, 5.74) is 2.77. The SMILES string of the molecule is C/C=C(/CNC(=O)C(/C=C(\C)CC)=C/C)N=CCC. The molecule has 0 aromatic rings. The number of carbonyl (C=O) groups is 1. The largest absolute Gasteiger partial charge is 0.346 e. The van der Waals surface area contributed by atoms with Crippen molar-refractivity contribution in [1.29, 1.82) is 0 Å². The highest BCUT2D eigenvalue weighted by Gasteiger charge is 2.06. The molecule has 0 aliphatic heterocycles. The Morgan fingerprint density at radius 2 is 1.89 bits per heavy atom. The molecule has 0 heterocycles. The van der Waals surface area contributed by atoms with Crippen LogP contribution in [0, 0.1) is 0 Å². The first-order valence-electron chi connectivity index (χ1n) is 6.88. The molecule has 0 saturated carbocycles. The molecule has 0 unspecified atom stereocenters. The van der Waals surface area contributed by atoms with Gasteiger partial charge in [0.25, 0.3) is 5.91 Å². The highest BCUT2D eigenvalue weighted by molar-refractivity contribution is 5.96. The summed E-state index contributed by atoms with van der Waals surface area (Å²) < 4.78 is 0. The highest BCUT2D eigenvalue weighted by Crippen LogP contribution is 2.06. The van der Waals surface area contributed by atoms with E-state index in [9.17, 15) is 4.79 Å². The standard InChI is InChI=1S/C16H26N2O/c1-6-10-17-15(9-4)12-18-16(19)14(8-3)11-13(5)7-2/h8-11H,6-7,12H2,1-5H3,(H,18,19)/b13-11+,14-8+,15-9-,17-10?. The third-order valence-corrected chi connectivity index (χ3v) is 2.74. The Hall–Kier alpha value is -1.64. The first kappa shape index (κ1) is 17.4. The summed E-state index contributed by atoms with van der Waals surface area (Å²) >= 11 is 0. The van der Waals surface area contributed by atoms with Crippen molar-refractivity contribution in [1.82, 2.24) is 5.32 Å². The molecule has 0 aliphatic carbocycles. The summed E-state index contributed by atoms with van der Waals surface area (Å²) in [7, 11) is 0. The minimum absolute atomic E-state index is 0.0543. The lowest BCUT2D eigenvalue weighted by Gasteiger charge is -2.07. The van der Waals surface area contributed by atoms with Gasteiger partial charge in [-0.2, -0.15) is 0 Å². The first-order chi connectivity index (χ1) is 9.08. The molecule has 106 valence electrons. The van der Waals surface area contributed by atoms with Gasteiger partial charge in [-0.25, -0.2) is 0 Å². The molecule has 1 amide bonds. The monoisotopic (exact) mass is 262 g/mol. The molecule has 0 aliphatic rings. The van der Waals surface area contributed by atoms with Gasteiger partial charge < -0.3 is 5.32 Å². The fraction of sp³-hybridized carbons (Fsp3) is 0.500. The first-order valence-corrected chi connectivity index (χ1v) is 6.88. The summed E-state index contributed by atoms with van der Waals surface area (Å²) in [6.45, 7) is 10.4. The number of nitrogens with one attached hydrogen (secondary N) is 1. The average Bonchev–Trinajstić information content (AvgIpc) is 2.44. The zero-order chi connectivity index (χ0) is 14.7. The second-order valence-corrected chi connectivity index (χ2v) is 4.27. The van der Waals surface area contributed by atoms with Gasteiger partial charge in [0.05, 0.1) is 12.2 Å². The number of nitrogens with zero attached hydrogens (tertiary/aromatic N) is 1. The van der Waals surface area contributed by atoms with E-state index in [1.54, 1.807) is 0 Å². The lowest BCUT2D eigenvalue weighted by atomic mass is 10.1. The lowest BCUT2D eigenvalue weighted by molar-refractivity contribution is -0.117. The zero-order valence-electron chi connectivity index (χ0n) is 12.8. The predicted octanol–water partition coefficient (Wildman–Crippen LogP) is 3.79. The number of hydrogen-bond acceptors (Lipinski definition) is 2. The Bertz CT molecular complexity index is 401. The van der Waals surface area contributed by atoms with E-state index in [1.807, 2.05) is 52.1 Å². The van der Waals surface area contributed by atoms with Crippen LogP contribution < -0.4 is 5.32 Å². The van der Waals surface area contributed by atoms with Crippen molar-refractivity contribution in [2.75, 3.05) is 6.54 Å². The number of amides is 1. The van der Waals surface area contributed by atoms with Gasteiger partial charge in [0.15, 0.2) is 0 Å². The molecule has 0 saturated heterocycles. The molecular formula is C16H26N2O. The van der Waals surface area contributed by atoms with Crippen molar-refractivity contribution in [2.45, 2.75) is 47.5 Å². The van der Waals surface area contributed by atoms with Gasteiger partial charge in [-0.05, 0) is 33.6 Å². The molecule has 3 nitrogen and oxygen atoms in total.